The molecule has 0 radical (unpaired) electrons. The lowest BCUT2D eigenvalue weighted by Gasteiger charge is -2.15. The number of hydrogen-bond acceptors (Lipinski definition) is 5. The van der Waals surface area contributed by atoms with Crippen LogP contribution < -0.4 is 9.47 Å². The normalized spacial score (nSPS) is 12.3. The van der Waals surface area contributed by atoms with E-state index in [0.29, 0.717) is 0 Å². The molecule has 0 saturated heterocycles. The van der Waals surface area contributed by atoms with Gasteiger partial charge in [0.25, 0.3) is 14.9 Å². The number of hydrogen-bond donors (Lipinski definition) is 0. The zero-order valence-electron chi connectivity index (χ0n) is 9.08. The summed E-state index contributed by atoms with van der Waals surface area (Å²) in [7, 11) is 1.65. The summed E-state index contributed by atoms with van der Waals surface area (Å²) in [6.07, 6.45) is -4.09. The summed E-state index contributed by atoms with van der Waals surface area (Å²) < 4.78 is 67.3. The monoisotopic (exact) mass is 305 g/mol. The highest BCUT2D eigenvalue weighted by molar-refractivity contribution is 8.13. The quantitative estimate of drug-likeness (QED) is 0.801. The molecule has 0 saturated carbocycles. The summed E-state index contributed by atoms with van der Waals surface area (Å²) in [5.41, 5.74) is -0.0925. The molecule has 0 atom stereocenters. The fraction of sp³-hybridized carbons (Fsp3) is 0.375. The summed E-state index contributed by atoms with van der Waals surface area (Å²) in [5, 5.41) is 0. The number of aryl methyl sites for hydroxylation is 1. The lowest BCUT2D eigenvalue weighted by atomic mass is 10.3. The van der Waals surface area contributed by atoms with E-state index in [1.165, 1.54) is 6.92 Å². The highest BCUT2D eigenvalue weighted by Gasteiger charge is 2.37. The van der Waals surface area contributed by atoms with Crippen molar-refractivity contribution in [1.29, 1.82) is 0 Å². The third-order valence-electron chi connectivity index (χ3n) is 1.79. The van der Waals surface area contributed by atoms with Crippen molar-refractivity contribution in [3.63, 3.8) is 0 Å². The molecule has 0 amide bonds. The van der Waals surface area contributed by atoms with Gasteiger partial charge in [-0.3, -0.25) is 0 Å². The average Bonchev–Trinajstić information content (AvgIpc) is 2.13. The maximum absolute atomic E-state index is 12.2. The Morgan fingerprint density at radius 3 is 2.33 bits per heavy atom. The van der Waals surface area contributed by atoms with Crippen LogP contribution in [0.4, 0.5) is 13.2 Å². The van der Waals surface area contributed by atoms with Crippen molar-refractivity contribution >= 4 is 19.7 Å². The molecule has 1 rings (SSSR count). The lowest BCUT2D eigenvalue weighted by Crippen LogP contribution is -2.19. The minimum atomic E-state index is -5.10. The first-order chi connectivity index (χ1) is 8.06. The van der Waals surface area contributed by atoms with E-state index in [0.717, 1.165) is 13.3 Å². The Hall–Kier alpha value is -1.22. The van der Waals surface area contributed by atoms with Crippen LogP contribution in [0, 0.1) is 6.92 Å². The van der Waals surface area contributed by atoms with Crippen LogP contribution in [-0.4, -0.2) is 26.9 Å². The van der Waals surface area contributed by atoms with Gasteiger partial charge in [-0.05, 0) is 12.5 Å². The zero-order valence-corrected chi connectivity index (χ0v) is 10.7. The van der Waals surface area contributed by atoms with E-state index in [9.17, 15) is 21.6 Å². The Bertz CT molecular complexity index is 558. The second-order valence-electron chi connectivity index (χ2n) is 3.09. The second-order valence-corrected chi connectivity index (χ2v) is 5.60. The zero-order chi connectivity index (χ0) is 14.1. The molecule has 5 nitrogen and oxygen atoms in total. The molecule has 1 aromatic heterocycles. The fourth-order valence-corrected chi connectivity index (χ4v) is 2.57. The first-order valence-electron chi connectivity index (χ1n) is 4.30. The Labute approximate surface area is 105 Å². The minimum absolute atomic E-state index is 0.0925. The van der Waals surface area contributed by atoms with Crippen molar-refractivity contribution in [2.45, 2.75) is 18.2 Å². The molecular formula is C8H7ClF3NO4S. The van der Waals surface area contributed by atoms with E-state index in [1.807, 2.05) is 0 Å². The van der Waals surface area contributed by atoms with Gasteiger partial charge in [0, 0.05) is 16.9 Å². The number of rotatable bonds is 3. The van der Waals surface area contributed by atoms with E-state index < -0.39 is 31.9 Å². The summed E-state index contributed by atoms with van der Waals surface area (Å²) in [6, 6.07) is 0. The number of ether oxygens (including phenoxy) is 2. The fourth-order valence-electron chi connectivity index (χ4n) is 1.20. The van der Waals surface area contributed by atoms with Gasteiger partial charge >= 0.3 is 6.36 Å². The Kier molecular flexibility index (Phi) is 3.96. The molecule has 0 N–H and O–H groups in total. The van der Waals surface area contributed by atoms with Crippen LogP contribution in [-0.2, 0) is 9.05 Å². The number of alkyl halides is 3. The van der Waals surface area contributed by atoms with Crippen LogP contribution in [0.3, 0.4) is 0 Å². The predicted octanol–water partition coefficient (Wildman–Crippen LogP) is 2.22. The molecule has 0 aliphatic heterocycles. The molecule has 0 fully saturated rings. The van der Waals surface area contributed by atoms with Crippen molar-refractivity contribution in [2.75, 3.05) is 7.11 Å². The van der Waals surface area contributed by atoms with Crippen molar-refractivity contribution in [1.82, 2.24) is 4.98 Å². The summed E-state index contributed by atoms with van der Waals surface area (Å²) in [6.45, 7) is 1.23. The molecule has 102 valence electrons. The van der Waals surface area contributed by atoms with Crippen molar-refractivity contribution < 1.29 is 31.1 Å². The van der Waals surface area contributed by atoms with E-state index >= 15 is 0 Å². The smallest absolute Gasteiger partial charge is 0.478 e. The van der Waals surface area contributed by atoms with E-state index in [1.54, 1.807) is 0 Å². The predicted molar refractivity (Wildman–Crippen MR) is 55.2 cm³/mol. The molecule has 10 heteroatoms. The molecule has 18 heavy (non-hydrogen) atoms. The molecule has 0 spiro atoms. The van der Waals surface area contributed by atoms with Crippen LogP contribution in [0.5, 0.6) is 11.6 Å². The van der Waals surface area contributed by atoms with Gasteiger partial charge in [-0.25, -0.2) is 13.4 Å². The highest BCUT2D eigenvalue weighted by atomic mass is 35.7. The largest absolute Gasteiger partial charge is 0.573 e. The van der Waals surface area contributed by atoms with E-state index in [4.69, 9.17) is 10.7 Å². The van der Waals surface area contributed by atoms with Crippen LogP contribution in [0.25, 0.3) is 0 Å². The second kappa shape index (κ2) is 4.81. The van der Waals surface area contributed by atoms with Crippen molar-refractivity contribution in [3.05, 3.63) is 11.8 Å². The van der Waals surface area contributed by atoms with E-state index in [-0.39, 0.29) is 5.56 Å². The first-order valence-corrected chi connectivity index (χ1v) is 6.61. The Morgan fingerprint density at radius 2 is 1.94 bits per heavy atom. The molecule has 1 heterocycles. The van der Waals surface area contributed by atoms with Gasteiger partial charge in [-0.15, -0.1) is 13.2 Å². The minimum Gasteiger partial charge on any atom is -0.478 e. The Morgan fingerprint density at radius 1 is 1.39 bits per heavy atom. The SMILES string of the molecule is COc1ncc(C)c(S(=O)(=O)Cl)c1OC(F)(F)F. The molecular weight excluding hydrogens is 299 g/mol. The van der Waals surface area contributed by atoms with Gasteiger partial charge in [-0.1, -0.05) is 0 Å². The third kappa shape index (κ3) is 3.39. The summed E-state index contributed by atoms with van der Waals surface area (Å²) in [4.78, 5) is 2.66. The van der Waals surface area contributed by atoms with Crippen LogP contribution in [0.15, 0.2) is 11.1 Å². The van der Waals surface area contributed by atoms with Gasteiger partial charge in [0.1, 0.15) is 4.90 Å². The molecule has 0 aliphatic rings. The van der Waals surface area contributed by atoms with Crippen LogP contribution in [0.2, 0.25) is 0 Å². The van der Waals surface area contributed by atoms with E-state index in [2.05, 4.69) is 14.5 Å². The maximum atomic E-state index is 12.2. The summed E-state index contributed by atoms with van der Waals surface area (Å²) >= 11 is 0. The molecule has 0 unspecified atom stereocenters. The number of aromatic nitrogens is 1. The molecule has 1 aromatic rings. The topological polar surface area (TPSA) is 65.5 Å². The molecule has 0 aromatic carbocycles. The molecule has 0 aliphatic carbocycles. The van der Waals surface area contributed by atoms with Gasteiger partial charge in [0.15, 0.2) is 0 Å². The van der Waals surface area contributed by atoms with Gasteiger partial charge in [-0.2, -0.15) is 0 Å². The summed E-state index contributed by atoms with van der Waals surface area (Å²) in [5.74, 6) is -1.71. The standard InChI is InChI=1S/C8H7ClF3NO4S/c1-4-3-13-7(16-2)5(17-8(10,11)12)6(4)18(9,14)15/h3H,1-2H3. The number of methoxy groups -OCH3 is 1. The highest BCUT2D eigenvalue weighted by Crippen LogP contribution is 2.39. The van der Waals surface area contributed by atoms with Gasteiger partial charge in [0.2, 0.25) is 5.75 Å². The lowest BCUT2D eigenvalue weighted by molar-refractivity contribution is -0.276. The number of pyridine rings is 1. The van der Waals surface area contributed by atoms with Gasteiger partial charge < -0.3 is 9.47 Å². The molecule has 0 bridgehead atoms. The van der Waals surface area contributed by atoms with Crippen LogP contribution in [0.1, 0.15) is 5.56 Å². The van der Waals surface area contributed by atoms with Crippen molar-refractivity contribution in [2.24, 2.45) is 0 Å². The Balaban J connectivity index is 3.57. The van der Waals surface area contributed by atoms with Gasteiger partial charge in [0.05, 0.1) is 7.11 Å². The van der Waals surface area contributed by atoms with Crippen molar-refractivity contribution in [3.8, 4) is 11.6 Å². The average molecular weight is 306 g/mol. The van der Waals surface area contributed by atoms with Crippen LogP contribution >= 0.6 is 10.7 Å². The number of nitrogens with zero attached hydrogens (tertiary/aromatic N) is 1. The third-order valence-corrected chi connectivity index (χ3v) is 3.25. The first kappa shape index (κ1) is 14.8. The maximum Gasteiger partial charge on any atom is 0.573 e. The number of halogens is 4.